The minimum Gasteiger partial charge on any atom is -0.494 e. The third-order valence-corrected chi connectivity index (χ3v) is 6.71. The highest BCUT2D eigenvalue weighted by atomic mass is 19.1. The number of carbonyl (C=O) groups is 1. The smallest absolute Gasteiger partial charge is 0.314 e. The van der Waals surface area contributed by atoms with Gasteiger partial charge in [0.15, 0.2) is 11.6 Å². The number of rotatable bonds is 6. The first kappa shape index (κ1) is 22.0. The summed E-state index contributed by atoms with van der Waals surface area (Å²) in [4.78, 5) is 12.4. The maximum Gasteiger partial charge on any atom is 0.314 e. The molecular weight excluding hydrogens is 381 g/mol. The van der Waals surface area contributed by atoms with Gasteiger partial charge in [-0.3, -0.25) is 4.79 Å². The first-order valence-corrected chi connectivity index (χ1v) is 10.6. The molecule has 0 N–H and O–H groups in total. The maximum atomic E-state index is 15.2. The molecule has 2 aliphatic rings. The number of carbonyl (C=O) groups excluding carboxylic acids is 1. The summed E-state index contributed by atoms with van der Waals surface area (Å²) in [6.45, 7) is 1.65. The second-order valence-electron chi connectivity index (χ2n) is 9.04. The number of methoxy groups -OCH3 is 1. The maximum absolute atomic E-state index is 15.2. The van der Waals surface area contributed by atoms with Gasteiger partial charge in [-0.2, -0.15) is 0 Å². The largest absolute Gasteiger partial charge is 0.494 e. The average Bonchev–Trinajstić information content (AvgIpc) is 2.68. The van der Waals surface area contributed by atoms with Crippen LogP contribution in [0.25, 0.3) is 0 Å². The molecule has 162 valence electrons. The number of esters is 1. The fourth-order valence-electron chi connectivity index (χ4n) is 4.56. The SMILES string of the molecule is COc1ccc(OC(=O)C2CCC(F)(CCC3CCC(C)(F)CC3)CC2)cc1F. The number of hydrogen-bond acceptors (Lipinski definition) is 3. The van der Waals surface area contributed by atoms with Gasteiger partial charge in [-0.05, 0) is 89.2 Å². The van der Waals surface area contributed by atoms with Gasteiger partial charge < -0.3 is 9.47 Å². The molecule has 0 heterocycles. The van der Waals surface area contributed by atoms with E-state index in [9.17, 15) is 13.6 Å². The van der Waals surface area contributed by atoms with Crippen LogP contribution in [0.1, 0.15) is 71.1 Å². The predicted molar refractivity (Wildman–Crippen MR) is 105 cm³/mol. The lowest BCUT2D eigenvalue weighted by molar-refractivity contribution is -0.141. The molecule has 6 heteroatoms. The zero-order valence-electron chi connectivity index (χ0n) is 17.3. The van der Waals surface area contributed by atoms with Gasteiger partial charge in [0.1, 0.15) is 17.1 Å². The highest BCUT2D eigenvalue weighted by Crippen LogP contribution is 2.42. The molecule has 0 unspecified atom stereocenters. The highest BCUT2D eigenvalue weighted by Gasteiger charge is 2.39. The van der Waals surface area contributed by atoms with Crippen LogP contribution >= 0.6 is 0 Å². The van der Waals surface area contributed by atoms with E-state index < -0.39 is 23.1 Å². The first-order valence-electron chi connectivity index (χ1n) is 10.6. The fraction of sp³-hybridized carbons (Fsp3) is 0.696. The fourth-order valence-corrected chi connectivity index (χ4v) is 4.56. The summed E-state index contributed by atoms with van der Waals surface area (Å²) in [5.74, 6) is -0.794. The Kier molecular flexibility index (Phi) is 6.79. The lowest BCUT2D eigenvalue weighted by atomic mass is 9.74. The molecule has 0 spiro atoms. The van der Waals surface area contributed by atoms with E-state index in [1.807, 2.05) is 0 Å². The molecule has 1 aromatic rings. The van der Waals surface area contributed by atoms with E-state index in [4.69, 9.17) is 9.47 Å². The molecule has 0 bridgehead atoms. The minimum atomic E-state index is -1.25. The van der Waals surface area contributed by atoms with Crippen molar-refractivity contribution < 1.29 is 27.4 Å². The third kappa shape index (κ3) is 5.89. The molecule has 2 saturated carbocycles. The Hall–Kier alpha value is -1.72. The molecule has 2 fully saturated rings. The van der Waals surface area contributed by atoms with Crippen LogP contribution in [0.4, 0.5) is 13.2 Å². The van der Waals surface area contributed by atoms with Crippen molar-refractivity contribution in [2.75, 3.05) is 7.11 Å². The molecule has 0 radical (unpaired) electrons. The van der Waals surface area contributed by atoms with Crippen molar-refractivity contribution >= 4 is 5.97 Å². The molecule has 0 aromatic heterocycles. The van der Waals surface area contributed by atoms with E-state index in [2.05, 4.69) is 0 Å². The molecule has 0 amide bonds. The van der Waals surface area contributed by atoms with Crippen LogP contribution in [0.15, 0.2) is 18.2 Å². The lowest BCUT2D eigenvalue weighted by Crippen LogP contribution is -2.35. The van der Waals surface area contributed by atoms with Crippen molar-refractivity contribution in [2.45, 2.75) is 82.5 Å². The molecule has 0 atom stereocenters. The third-order valence-electron chi connectivity index (χ3n) is 6.71. The normalized spacial score (nSPS) is 32.6. The molecule has 0 aliphatic heterocycles. The predicted octanol–water partition coefficient (Wildman–Crippen LogP) is 6.34. The van der Waals surface area contributed by atoms with Gasteiger partial charge in [0, 0.05) is 6.07 Å². The quantitative estimate of drug-likeness (QED) is 0.404. The Balaban J connectivity index is 1.44. The van der Waals surface area contributed by atoms with Crippen LogP contribution in [0.3, 0.4) is 0 Å². The van der Waals surface area contributed by atoms with E-state index in [1.54, 1.807) is 6.92 Å². The molecular formula is C23H31F3O3. The molecule has 3 nitrogen and oxygen atoms in total. The number of alkyl halides is 2. The summed E-state index contributed by atoms with van der Waals surface area (Å²) in [6.07, 6.45) is 5.58. The Morgan fingerprint density at radius 2 is 1.76 bits per heavy atom. The van der Waals surface area contributed by atoms with Gasteiger partial charge >= 0.3 is 5.97 Å². The zero-order valence-corrected chi connectivity index (χ0v) is 17.3. The Morgan fingerprint density at radius 3 is 2.34 bits per heavy atom. The van der Waals surface area contributed by atoms with Crippen LogP contribution < -0.4 is 9.47 Å². The van der Waals surface area contributed by atoms with Gasteiger partial charge in [-0.25, -0.2) is 13.2 Å². The standard InChI is InChI=1S/C23H31F3O3/c1-22(25)10-5-16(6-11-22)7-12-23(26)13-8-17(9-14-23)21(27)29-18-3-4-20(28-2)19(24)15-18/h3-4,15-17H,5-14H2,1-2H3. The number of ether oxygens (including phenoxy) is 2. The van der Waals surface area contributed by atoms with Gasteiger partial charge in [-0.1, -0.05) is 0 Å². The first-order chi connectivity index (χ1) is 13.7. The summed E-state index contributed by atoms with van der Waals surface area (Å²) in [5.41, 5.74) is -2.31. The van der Waals surface area contributed by atoms with E-state index in [1.165, 1.54) is 19.2 Å². The van der Waals surface area contributed by atoms with Gasteiger partial charge in [0.2, 0.25) is 0 Å². The van der Waals surface area contributed by atoms with Crippen molar-refractivity contribution in [3.8, 4) is 11.5 Å². The Bertz CT molecular complexity index is 701. The molecule has 3 rings (SSSR count). The topological polar surface area (TPSA) is 35.5 Å². The molecule has 29 heavy (non-hydrogen) atoms. The van der Waals surface area contributed by atoms with Gasteiger partial charge in [0.25, 0.3) is 0 Å². The summed E-state index contributed by atoms with van der Waals surface area (Å²) in [5, 5.41) is 0. The van der Waals surface area contributed by atoms with E-state index in [0.29, 0.717) is 50.9 Å². The lowest BCUT2D eigenvalue weighted by Gasteiger charge is -2.36. The van der Waals surface area contributed by atoms with Gasteiger partial charge in [0.05, 0.1) is 13.0 Å². The van der Waals surface area contributed by atoms with Crippen molar-refractivity contribution in [1.82, 2.24) is 0 Å². The van der Waals surface area contributed by atoms with E-state index in [-0.39, 0.29) is 17.4 Å². The highest BCUT2D eigenvalue weighted by molar-refractivity contribution is 5.75. The second kappa shape index (κ2) is 8.97. The van der Waals surface area contributed by atoms with Crippen molar-refractivity contribution in [3.63, 3.8) is 0 Å². The molecule has 0 saturated heterocycles. The summed E-state index contributed by atoms with van der Waals surface area (Å²) < 4.78 is 53.0. The monoisotopic (exact) mass is 412 g/mol. The van der Waals surface area contributed by atoms with Crippen LogP contribution in [0.5, 0.6) is 11.5 Å². The van der Waals surface area contributed by atoms with Crippen molar-refractivity contribution in [2.24, 2.45) is 11.8 Å². The minimum absolute atomic E-state index is 0.0822. The summed E-state index contributed by atoms with van der Waals surface area (Å²) in [7, 11) is 1.36. The van der Waals surface area contributed by atoms with Crippen molar-refractivity contribution in [1.29, 1.82) is 0 Å². The number of benzene rings is 1. The van der Waals surface area contributed by atoms with E-state index >= 15 is 4.39 Å². The second-order valence-corrected chi connectivity index (χ2v) is 9.04. The Morgan fingerprint density at radius 1 is 1.10 bits per heavy atom. The van der Waals surface area contributed by atoms with Crippen LogP contribution in [-0.2, 0) is 4.79 Å². The van der Waals surface area contributed by atoms with E-state index in [0.717, 1.165) is 25.3 Å². The average molecular weight is 412 g/mol. The van der Waals surface area contributed by atoms with Gasteiger partial charge in [-0.15, -0.1) is 0 Å². The van der Waals surface area contributed by atoms with Crippen LogP contribution in [0.2, 0.25) is 0 Å². The summed E-state index contributed by atoms with van der Waals surface area (Å²) >= 11 is 0. The Labute approximate surface area is 171 Å². The molecule has 1 aromatic carbocycles. The summed E-state index contributed by atoms with van der Waals surface area (Å²) in [6, 6.07) is 4.00. The number of halogens is 3. The van der Waals surface area contributed by atoms with Crippen LogP contribution in [-0.4, -0.2) is 24.4 Å². The number of hydrogen-bond donors (Lipinski definition) is 0. The molecule has 2 aliphatic carbocycles. The zero-order chi connectivity index (χ0) is 21.1. The van der Waals surface area contributed by atoms with Crippen LogP contribution in [0, 0.1) is 17.7 Å². The van der Waals surface area contributed by atoms with Crippen molar-refractivity contribution in [3.05, 3.63) is 24.0 Å².